The number of hydrogen-bond acceptors (Lipinski definition) is 7. The third-order valence-corrected chi connectivity index (χ3v) is 4.83. The van der Waals surface area contributed by atoms with E-state index in [-0.39, 0.29) is 18.9 Å². The van der Waals surface area contributed by atoms with Crippen molar-refractivity contribution in [1.29, 1.82) is 0 Å². The van der Waals surface area contributed by atoms with E-state index in [2.05, 4.69) is 0 Å². The molecule has 1 saturated heterocycles. The lowest BCUT2D eigenvalue weighted by molar-refractivity contribution is -0.137. The minimum atomic E-state index is -0.989. The minimum absolute atomic E-state index is 0.0359. The lowest BCUT2D eigenvalue weighted by atomic mass is 10.1. The Morgan fingerprint density at radius 1 is 1.24 bits per heavy atom. The fourth-order valence-electron chi connectivity index (χ4n) is 2.21. The average molecular weight is 383 g/mol. The van der Waals surface area contributed by atoms with E-state index < -0.39 is 5.97 Å². The van der Waals surface area contributed by atoms with Gasteiger partial charge in [-0.05, 0) is 6.08 Å². The van der Waals surface area contributed by atoms with Gasteiger partial charge >= 0.3 is 5.97 Å². The number of methoxy groups -OCH3 is 3. The molecule has 0 radical (unpaired) electrons. The first-order valence-electron chi connectivity index (χ1n) is 7.18. The van der Waals surface area contributed by atoms with Crippen LogP contribution in [0.5, 0.6) is 17.2 Å². The quantitative estimate of drug-likeness (QED) is 0.567. The number of carbonyl (C=O) groups excluding carboxylic acids is 1. The monoisotopic (exact) mass is 383 g/mol. The van der Waals surface area contributed by atoms with Crippen molar-refractivity contribution in [3.63, 3.8) is 0 Å². The summed E-state index contributed by atoms with van der Waals surface area (Å²) in [6, 6.07) is 3.36. The summed E-state index contributed by atoms with van der Waals surface area (Å²) in [6.45, 7) is 0.0359. The molecule has 7 nitrogen and oxygen atoms in total. The first kappa shape index (κ1) is 19.1. The minimum Gasteiger partial charge on any atom is -0.496 e. The smallest absolute Gasteiger partial charge is 0.305 e. The van der Waals surface area contributed by atoms with Crippen molar-refractivity contribution in [2.45, 2.75) is 6.42 Å². The van der Waals surface area contributed by atoms with Gasteiger partial charge in [-0.15, -0.1) is 0 Å². The second-order valence-electron chi connectivity index (χ2n) is 4.92. The molecule has 0 aliphatic carbocycles. The molecule has 1 heterocycles. The first-order chi connectivity index (χ1) is 11.9. The third kappa shape index (κ3) is 4.23. The zero-order chi connectivity index (χ0) is 18.6. The molecule has 2 rings (SSSR count). The zero-order valence-corrected chi connectivity index (χ0v) is 15.5. The molecule has 0 atom stereocenters. The Labute approximate surface area is 154 Å². The summed E-state index contributed by atoms with van der Waals surface area (Å²) < 4.78 is 16.2. The number of hydrogen-bond donors (Lipinski definition) is 1. The van der Waals surface area contributed by atoms with Crippen molar-refractivity contribution in [3.8, 4) is 17.2 Å². The normalized spacial score (nSPS) is 15.6. The van der Waals surface area contributed by atoms with E-state index in [4.69, 9.17) is 31.5 Å². The number of nitrogens with zero attached hydrogens (tertiary/aromatic N) is 1. The van der Waals surface area contributed by atoms with Crippen molar-refractivity contribution in [2.75, 3.05) is 27.9 Å². The van der Waals surface area contributed by atoms with E-state index in [0.717, 1.165) is 11.8 Å². The van der Waals surface area contributed by atoms with Crippen LogP contribution in [0.2, 0.25) is 0 Å². The van der Waals surface area contributed by atoms with Crippen LogP contribution in [0.3, 0.4) is 0 Å². The van der Waals surface area contributed by atoms with E-state index in [1.807, 2.05) is 0 Å². The molecule has 1 aromatic carbocycles. The number of carbonyl (C=O) groups is 2. The van der Waals surface area contributed by atoms with Crippen molar-refractivity contribution < 1.29 is 28.9 Å². The van der Waals surface area contributed by atoms with E-state index in [0.29, 0.717) is 32.0 Å². The molecule has 1 aliphatic rings. The highest BCUT2D eigenvalue weighted by atomic mass is 32.2. The highest BCUT2D eigenvalue weighted by Crippen LogP contribution is 2.39. The van der Waals surface area contributed by atoms with Crippen LogP contribution in [0.15, 0.2) is 17.0 Å². The van der Waals surface area contributed by atoms with E-state index in [9.17, 15) is 9.59 Å². The summed E-state index contributed by atoms with van der Waals surface area (Å²) in [5, 5.41) is 8.79. The molecule has 1 N–H and O–H groups in total. The lowest BCUT2D eigenvalue weighted by Gasteiger charge is -2.13. The summed E-state index contributed by atoms with van der Waals surface area (Å²) in [6.07, 6.45) is 1.45. The van der Waals surface area contributed by atoms with E-state index >= 15 is 0 Å². The summed E-state index contributed by atoms with van der Waals surface area (Å²) in [5.41, 5.74) is 0.574. The Kier molecular flexibility index (Phi) is 6.27. The second-order valence-corrected chi connectivity index (χ2v) is 6.60. The van der Waals surface area contributed by atoms with Crippen LogP contribution >= 0.6 is 24.0 Å². The molecule has 1 amide bonds. The summed E-state index contributed by atoms with van der Waals surface area (Å²) in [4.78, 5) is 24.9. The topological polar surface area (TPSA) is 85.3 Å². The number of thiocarbonyl (C=S) groups is 1. The number of carboxylic acid groups (broad SMARTS) is 1. The van der Waals surface area contributed by atoms with Gasteiger partial charge in [0, 0.05) is 18.7 Å². The van der Waals surface area contributed by atoms with Crippen molar-refractivity contribution in [1.82, 2.24) is 4.90 Å². The van der Waals surface area contributed by atoms with Crippen LogP contribution < -0.4 is 14.2 Å². The molecule has 0 saturated carbocycles. The van der Waals surface area contributed by atoms with Crippen molar-refractivity contribution >= 4 is 46.3 Å². The van der Waals surface area contributed by atoms with Crippen LogP contribution in [-0.2, 0) is 9.59 Å². The molecular formula is C16H17NO6S2. The Morgan fingerprint density at radius 2 is 1.84 bits per heavy atom. The standard InChI is InChI=1S/C16H17NO6S2/c1-21-9-6-11(22-2)10(12(7-9)23-3)8-13-15(20)17(16(24)25-13)5-4-14(18)19/h6-8H,4-5H2,1-3H3,(H,18,19)/b13-8-. The fourth-order valence-corrected chi connectivity index (χ4v) is 3.50. The SMILES string of the molecule is COc1cc(OC)c(/C=C2\SC(=S)N(CCC(=O)O)C2=O)c(OC)c1. The van der Waals surface area contributed by atoms with Gasteiger partial charge in [0.05, 0.1) is 38.2 Å². The van der Waals surface area contributed by atoms with Crippen molar-refractivity contribution in [3.05, 3.63) is 22.6 Å². The summed E-state index contributed by atoms with van der Waals surface area (Å²) in [5.74, 6) is 0.187. The number of amides is 1. The molecule has 0 aromatic heterocycles. The molecule has 9 heteroatoms. The molecule has 0 spiro atoms. The maximum Gasteiger partial charge on any atom is 0.305 e. The van der Waals surface area contributed by atoms with Gasteiger partial charge < -0.3 is 19.3 Å². The van der Waals surface area contributed by atoms with Crippen LogP contribution in [0.1, 0.15) is 12.0 Å². The summed E-state index contributed by atoms with van der Waals surface area (Å²) in [7, 11) is 4.54. The molecular weight excluding hydrogens is 366 g/mol. The predicted octanol–water partition coefficient (Wildman–Crippen LogP) is 2.39. The van der Waals surface area contributed by atoms with Crippen molar-refractivity contribution in [2.24, 2.45) is 0 Å². The number of rotatable bonds is 7. The second kappa shape index (κ2) is 8.21. The first-order valence-corrected chi connectivity index (χ1v) is 8.41. The van der Waals surface area contributed by atoms with Crippen LogP contribution in [0, 0.1) is 0 Å². The van der Waals surface area contributed by atoms with E-state index in [1.54, 1.807) is 18.2 Å². The van der Waals surface area contributed by atoms with Crippen LogP contribution in [-0.4, -0.2) is 54.1 Å². The Hall–Kier alpha value is -2.26. The van der Waals surface area contributed by atoms with Gasteiger partial charge in [-0.3, -0.25) is 14.5 Å². The molecule has 1 aromatic rings. The lowest BCUT2D eigenvalue weighted by Crippen LogP contribution is -2.30. The molecule has 0 unspecified atom stereocenters. The number of thioether (sulfide) groups is 1. The van der Waals surface area contributed by atoms with Gasteiger partial charge in [-0.25, -0.2) is 0 Å². The Morgan fingerprint density at radius 3 is 2.32 bits per heavy atom. The Balaban J connectivity index is 2.38. The average Bonchev–Trinajstić information content (AvgIpc) is 2.86. The van der Waals surface area contributed by atoms with Crippen LogP contribution in [0.25, 0.3) is 6.08 Å². The number of ether oxygens (including phenoxy) is 3. The maximum absolute atomic E-state index is 12.5. The van der Waals surface area contributed by atoms with Gasteiger partial charge in [0.1, 0.15) is 21.6 Å². The number of aliphatic carboxylic acids is 1. The van der Waals surface area contributed by atoms with Gasteiger partial charge in [0.2, 0.25) is 0 Å². The fraction of sp³-hybridized carbons (Fsp3) is 0.312. The molecule has 1 aliphatic heterocycles. The van der Waals surface area contributed by atoms with Gasteiger partial charge in [-0.2, -0.15) is 0 Å². The van der Waals surface area contributed by atoms with Gasteiger partial charge in [0.15, 0.2) is 0 Å². The maximum atomic E-state index is 12.5. The highest BCUT2D eigenvalue weighted by molar-refractivity contribution is 8.26. The van der Waals surface area contributed by atoms with E-state index in [1.165, 1.54) is 26.2 Å². The largest absolute Gasteiger partial charge is 0.496 e. The summed E-state index contributed by atoms with van der Waals surface area (Å²) >= 11 is 6.29. The third-order valence-electron chi connectivity index (χ3n) is 3.45. The van der Waals surface area contributed by atoms with Gasteiger partial charge in [0.25, 0.3) is 5.91 Å². The number of benzene rings is 1. The highest BCUT2D eigenvalue weighted by Gasteiger charge is 2.32. The molecule has 25 heavy (non-hydrogen) atoms. The Bertz CT molecular complexity index is 721. The molecule has 134 valence electrons. The molecule has 0 bridgehead atoms. The molecule has 1 fully saturated rings. The van der Waals surface area contributed by atoms with Crippen LogP contribution in [0.4, 0.5) is 0 Å². The predicted molar refractivity (Wildman–Crippen MR) is 98.2 cm³/mol. The zero-order valence-electron chi connectivity index (χ0n) is 13.9. The number of carboxylic acids is 1. The van der Waals surface area contributed by atoms with Gasteiger partial charge in [-0.1, -0.05) is 24.0 Å².